The summed E-state index contributed by atoms with van der Waals surface area (Å²) < 4.78 is 10.3. The van der Waals surface area contributed by atoms with Gasteiger partial charge in [-0.1, -0.05) is 0 Å². The van der Waals surface area contributed by atoms with Crippen molar-refractivity contribution in [2.75, 3.05) is 31.9 Å². The molecule has 0 aliphatic carbocycles. The van der Waals surface area contributed by atoms with Gasteiger partial charge in [0.1, 0.15) is 11.2 Å². The molecule has 0 spiro atoms. The van der Waals surface area contributed by atoms with Crippen LogP contribution in [0.25, 0.3) is 0 Å². The Hall–Kier alpha value is -3.50. The summed E-state index contributed by atoms with van der Waals surface area (Å²) in [7, 11) is 0. The van der Waals surface area contributed by atoms with E-state index >= 15 is 0 Å². The monoisotopic (exact) mass is 493 g/mol. The van der Waals surface area contributed by atoms with Gasteiger partial charge in [0.25, 0.3) is 11.8 Å². The fourth-order valence-electron chi connectivity index (χ4n) is 2.71. The number of ether oxygens (including phenoxy) is 2. The first kappa shape index (κ1) is 29.5. The van der Waals surface area contributed by atoms with E-state index in [1.807, 2.05) is 0 Å². The van der Waals surface area contributed by atoms with Crippen LogP contribution in [0.5, 0.6) is 0 Å². The van der Waals surface area contributed by atoms with Gasteiger partial charge in [-0.05, 0) is 72.6 Å². The fourth-order valence-corrected chi connectivity index (χ4v) is 2.71. The van der Waals surface area contributed by atoms with Gasteiger partial charge in [-0.2, -0.15) is 0 Å². The number of nitrogen functional groups attached to an aromatic ring is 1. The molecule has 0 bridgehead atoms. The molecule has 4 amide bonds. The van der Waals surface area contributed by atoms with E-state index in [1.54, 1.807) is 41.5 Å². The van der Waals surface area contributed by atoms with Gasteiger partial charge in [0.05, 0.1) is 0 Å². The molecule has 11 nitrogen and oxygen atoms in total. The predicted octanol–water partition coefficient (Wildman–Crippen LogP) is 2.56. The molecule has 0 radical (unpaired) electrons. The molecule has 0 aliphatic heterocycles. The van der Waals surface area contributed by atoms with E-state index in [-0.39, 0.29) is 28.6 Å². The van der Waals surface area contributed by atoms with Gasteiger partial charge in [-0.25, -0.2) is 9.59 Å². The summed E-state index contributed by atoms with van der Waals surface area (Å²) in [6.07, 6.45) is -0.0393. The van der Waals surface area contributed by atoms with Crippen LogP contribution in [0.3, 0.4) is 0 Å². The second kappa shape index (κ2) is 13.4. The molecule has 6 N–H and O–H groups in total. The number of benzene rings is 1. The van der Waals surface area contributed by atoms with Crippen LogP contribution in [0.4, 0.5) is 15.3 Å². The van der Waals surface area contributed by atoms with Crippen LogP contribution in [0.1, 0.15) is 75.1 Å². The Kier molecular flexibility index (Phi) is 11.3. The SMILES string of the molecule is CC(C)(C)OC(=O)NCCCNC(=O)c1cc(N)cc(C(=O)NCCCNC(=O)OC(C)(C)C)c1. The molecule has 0 unspecified atom stereocenters. The molecule has 1 aromatic carbocycles. The Balaban J connectivity index is 2.42. The summed E-state index contributed by atoms with van der Waals surface area (Å²) in [5.74, 6) is -0.768. The number of anilines is 1. The van der Waals surface area contributed by atoms with E-state index in [4.69, 9.17) is 15.2 Å². The van der Waals surface area contributed by atoms with E-state index in [2.05, 4.69) is 21.3 Å². The molecule has 0 aromatic heterocycles. The minimum Gasteiger partial charge on any atom is -0.444 e. The Bertz CT molecular complexity index is 821. The maximum Gasteiger partial charge on any atom is 0.407 e. The van der Waals surface area contributed by atoms with E-state index in [0.717, 1.165) is 0 Å². The largest absolute Gasteiger partial charge is 0.444 e. The van der Waals surface area contributed by atoms with Crippen molar-refractivity contribution in [2.24, 2.45) is 0 Å². The maximum atomic E-state index is 12.5. The van der Waals surface area contributed by atoms with Crippen LogP contribution in [0.2, 0.25) is 0 Å². The first-order valence-corrected chi connectivity index (χ1v) is 11.6. The zero-order chi connectivity index (χ0) is 26.6. The van der Waals surface area contributed by atoms with Crippen molar-refractivity contribution in [1.29, 1.82) is 0 Å². The number of carbonyl (C=O) groups excluding carboxylic acids is 4. The lowest BCUT2D eigenvalue weighted by Gasteiger charge is -2.19. The third kappa shape index (κ3) is 13.7. The molecule has 1 rings (SSSR count). The van der Waals surface area contributed by atoms with Gasteiger partial charge < -0.3 is 36.5 Å². The molecule has 0 atom stereocenters. The van der Waals surface area contributed by atoms with Crippen molar-refractivity contribution in [3.05, 3.63) is 29.3 Å². The van der Waals surface area contributed by atoms with Gasteiger partial charge in [0.2, 0.25) is 0 Å². The first-order valence-electron chi connectivity index (χ1n) is 11.6. The second-order valence-corrected chi connectivity index (χ2v) is 9.92. The summed E-state index contributed by atoms with van der Waals surface area (Å²) in [6, 6.07) is 4.42. The van der Waals surface area contributed by atoms with Crippen molar-refractivity contribution < 1.29 is 28.7 Å². The molecule has 11 heteroatoms. The van der Waals surface area contributed by atoms with Crippen molar-refractivity contribution in [3.63, 3.8) is 0 Å². The highest BCUT2D eigenvalue weighted by atomic mass is 16.6. The predicted molar refractivity (Wildman–Crippen MR) is 133 cm³/mol. The summed E-state index contributed by atoms with van der Waals surface area (Å²) >= 11 is 0. The van der Waals surface area contributed by atoms with Gasteiger partial charge in [0.15, 0.2) is 0 Å². The van der Waals surface area contributed by atoms with E-state index in [0.29, 0.717) is 39.0 Å². The first-order chi connectivity index (χ1) is 16.2. The third-order valence-electron chi connectivity index (χ3n) is 4.09. The Morgan fingerprint density at radius 1 is 0.657 bits per heavy atom. The van der Waals surface area contributed by atoms with E-state index in [1.165, 1.54) is 18.2 Å². The van der Waals surface area contributed by atoms with Crippen LogP contribution in [-0.2, 0) is 9.47 Å². The van der Waals surface area contributed by atoms with Crippen molar-refractivity contribution >= 4 is 29.7 Å². The number of hydrogen-bond donors (Lipinski definition) is 5. The molecular formula is C24H39N5O6. The number of rotatable bonds is 10. The van der Waals surface area contributed by atoms with Crippen LogP contribution < -0.4 is 27.0 Å². The van der Waals surface area contributed by atoms with Gasteiger partial charge in [-0.15, -0.1) is 0 Å². The summed E-state index contributed by atoms with van der Waals surface area (Å²) in [4.78, 5) is 48.1. The highest BCUT2D eigenvalue weighted by Crippen LogP contribution is 2.13. The lowest BCUT2D eigenvalue weighted by Crippen LogP contribution is -2.34. The molecule has 35 heavy (non-hydrogen) atoms. The number of nitrogens with one attached hydrogen (secondary N) is 4. The zero-order valence-corrected chi connectivity index (χ0v) is 21.5. The number of nitrogens with two attached hydrogens (primary N) is 1. The molecule has 196 valence electrons. The topological polar surface area (TPSA) is 161 Å². The second-order valence-electron chi connectivity index (χ2n) is 9.92. The lowest BCUT2D eigenvalue weighted by molar-refractivity contribution is 0.0515. The Labute approximate surface area is 206 Å². The van der Waals surface area contributed by atoms with Crippen molar-refractivity contribution in [1.82, 2.24) is 21.3 Å². The van der Waals surface area contributed by atoms with Crippen molar-refractivity contribution in [3.8, 4) is 0 Å². The average molecular weight is 494 g/mol. The quantitative estimate of drug-likeness (QED) is 0.247. The lowest BCUT2D eigenvalue weighted by atomic mass is 10.1. The maximum absolute atomic E-state index is 12.5. The number of carbonyl (C=O) groups is 4. The number of alkyl carbamates (subject to hydrolysis) is 2. The average Bonchev–Trinajstić information content (AvgIpc) is 2.69. The zero-order valence-electron chi connectivity index (χ0n) is 21.5. The highest BCUT2D eigenvalue weighted by Gasteiger charge is 2.17. The molecule has 0 fully saturated rings. The molecular weight excluding hydrogens is 454 g/mol. The molecule has 0 saturated heterocycles. The van der Waals surface area contributed by atoms with Crippen LogP contribution in [0.15, 0.2) is 18.2 Å². The van der Waals surface area contributed by atoms with Crippen molar-refractivity contribution in [2.45, 2.75) is 65.6 Å². The van der Waals surface area contributed by atoms with Gasteiger partial charge >= 0.3 is 12.2 Å². The molecule has 1 aromatic rings. The van der Waals surface area contributed by atoms with Crippen LogP contribution >= 0.6 is 0 Å². The van der Waals surface area contributed by atoms with Crippen LogP contribution in [0, 0.1) is 0 Å². The van der Waals surface area contributed by atoms with E-state index in [9.17, 15) is 19.2 Å². The highest BCUT2D eigenvalue weighted by molar-refractivity contribution is 6.01. The standard InChI is InChI=1S/C24H39N5O6/c1-23(2,3)34-21(32)28-11-7-9-26-19(30)16-13-17(15-18(25)14-16)20(31)27-10-8-12-29-22(33)35-24(4,5)6/h13-15H,7-12,25H2,1-6H3,(H,26,30)(H,27,31)(H,28,32)(H,29,33). The summed E-state index contributed by atoms with van der Waals surface area (Å²) in [5.41, 5.74) is 5.50. The Morgan fingerprint density at radius 3 is 1.34 bits per heavy atom. The van der Waals surface area contributed by atoms with Gasteiger partial charge in [-0.3, -0.25) is 9.59 Å². The van der Waals surface area contributed by atoms with Gasteiger partial charge in [0, 0.05) is 43.0 Å². The minimum absolute atomic E-state index is 0.252. The third-order valence-corrected chi connectivity index (χ3v) is 4.09. The minimum atomic E-state index is -0.577. The smallest absolute Gasteiger partial charge is 0.407 e. The normalized spacial score (nSPS) is 11.3. The molecule has 0 saturated carbocycles. The fraction of sp³-hybridized carbons (Fsp3) is 0.583. The molecule has 0 aliphatic rings. The number of amides is 4. The molecule has 0 heterocycles. The summed E-state index contributed by atoms with van der Waals surface area (Å²) in [6.45, 7) is 11.9. The summed E-state index contributed by atoms with van der Waals surface area (Å²) in [5, 5.41) is 10.7. The van der Waals surface area contributed by atoms with E-state index < -0.39 is 23.4 Å². The Morgan fingerprint density at radius 2 is 1.00 bits per heavy atom. The number of hydrogen-bond acceptors (Lipinski definition) is 7. The van der Waals surface area contributed by atoms with Crippen LogP contribution in [-0.4, -0.2) is 61.4 Å².